The van der Waals surface area contributed by atoms with Crippen LogP contribution in [0.4, 0.5) is 5.69 Å². The number of fused-ring (bicyclic) bond motifs is 1. The minimum absolute atomic E-state index is 0.0849. The Hall–Kier alpha value is -3.20. The van der Waals surface area contributed by atoms with Gasteiger partial charge in [-0.1, -0.05) is 5.16 Å². The number of hydrogen-bond donors (Lipinski definition) is 3. The van der Waals surface area contributed by atoms with Crippen molar-refractivity contribution in [3.8, 4) is 0 Å². The number of amides is 2. The highest BCUT2D eigenvalue weighted by Crippen LogP contribution is 2.20. The van der Waals surface area contributed by atoms with E-state index in [1.807, 2.05) is 0 Å². The predicted octanol–water partition coefficient (Wildman–Crippen LogP) is 1.18. The minimum atomic E-state index is -0.449. The molecule has 0 aromatic carbocycles. The molecule has 0 bridgehead atoms. The van der Waals surface area contributed by atoms with E-state index in [2.05, 4.69) is 25.8 Å². The summed E-state index contributed by atoms with van der Waals surface area (Å²) < 4.78 is 9.69. The van der Waals surface area contributed by atoms with E-state index in [0.717, 1.165) is 0 Å². The Morgan fingerprint density at radius 2 is 2.25 bits per heavy atom. The van der Waals surface area contributed by atoms with Gasteiger partial charge in [-0.05, 0) is 6.07 Å². The van der Waals surface area contributed by atoms with E-state index in [9.17, 15) is 9.59 Å². The first-order chi connectivity index (χ1) is 11.7. The first-order valence-electron chi connectivity index (χ1n) is 7.15. The number of rotatable bonds is 6. The molecule has 3 aromatic rings. The van der Waals surface area contributed by atoms with E-state index in [0.29, 0.717) is 35.4 Å². The lowest BCUT2D eigenvalue weighted by atomic mass is 10.2. The molecule has 9 heteroatoms. The summed E-state index contributed by atoms with van der Waals surface area (Å²) >= 11 is 0. The predicted molar refractivity (Wildman–Crippen MR) is 84.8 cm³/mol. The van der Waals surface area contributed by atoms with Crippen molar-refractivity contribution in [1.82, 2.24) is 20.4 Å². The summed E-state index contributed by atoms with van der Waals surface area (Å²) in [6.45, 7) is 0.822. The molecule has 0 radical (unpaired) electrons. The number of methoxy groups -OCH3 is 1. The number of carbonyl (C=O) groups excluding carboxylic acids is 2. The summed E-state index contributed by atoms with van der Waals surface area (Å²) in [6.07, 6.45) is 4.44. The van der Waals surface area contributed by atoms with Gasteiger partial charge in [0.1, 0.15) is 5.65 Å². The largest absolute Gasteiger partial charge is 0.383 e. The van der Waals surface area contributed by atoms with Crippen LogP contribution in [0.5, 0.6) is 0 Å². The second-order valence-electron chi connectivity index (χ2n) is 4.90. The fourth-order valence-electron chi connectivity index (χ4n) is 2.15. The van der Waals surface area contributed by atoms with Crippen LogP contribution in [-0.2, 0) is 4.74 Å². The minimum Gasteiger partial charge on any atom is -0.383 e. The van der Waals surface area contributed by atoms with Gasteiger partial charge in [0.05, 0.1) is 30.3 Å². The Morgan fingerprint density at radius 3 is 3.00 bits per heavy atom. The summed E-state index contributed by atoms with van der Waals surface area (Å²) in [4.78, 5) is 31.3. The zero-order chi connectivity index (χ0) is 16.9. The molecule has 2 amide bonds. The van der Waals surface area contributed by atoms with Crippen LogP contribution in [0, 0.1) is 0 Å². The van der Waals surface area contributed by atoms with E-state index >= 15 is 0 Å². The van der Waals surface area contributed by atoms with Gasteiger partial charge in [-0.15, -0.1) is 0 Å². The van der Waals surface area contributed by atoms with Crippen LogP contribution in [0.25, 0.3) is 11.0 Å². The van der Waals surface area contributed by atoms with Gasteiger partial charge in [0.2, 0.25) is 5.76 Å². The van der Waals surface area contributed by atoms with Crippen LogP contribution < -0.4 is 10.6 Å². The number of aromatic amines is 1. The molecule has 9 nitrogen and oxygen atoms in total. The molecule has 0 aliphatic heterocycles. The maximum Gasteiger partial charge on any atom is 0.294 e. The molecule has 3 N–H and O–H groups in total. The van der Waals surface area contributed by atoms with Gasteiger partial charge in [-0.2, -0.15) is 0 Å². The summed E-state index contributed by atoms with van der Waals surface area (Å²) in [7, 11) is 1.56. The van der Waals surface area contributed by atoms with E-state index < -0.39 is 5.91 Å². The summed E-state index contributed by atoms with van der Waals surface area (Å²) in [6, 6.07) is 3.12. The van der Waals surface area contributed by atoms with Crippen molar-refractivity contribution >= 4 is 28.5 Å². The number of hydrogen-bond acceptors (Lipinski definition) is 6. The average molecular weight is 329 g/mol. The van der Waals surface area contributed by atoms with Crippen LogP contribution in [0.3, 0.4) is 0 Å². The molecule has 3 heterocycles. The molecular formula is C15H15N5O4. The lowest BCUT2D eigenvalue weighted by molar-refractivity contribution is 0.0938. The van der Waals surface area contributed by atoms with E-state index in [1.165, 1.54) is 18.5 Å². The van der Waals surface area contributed by atoms with Crippen LogP contribution in [0.1, 0.15) is 20.9 Å². The Balaban J connectivity index is 1.80. The average Bonchev–Trinajstić information content (AvgIpc) is 3.24. The maximum absolute atomic E-state index is 12.2. The molecule has 0 unspecified atom stereocenters. The van der Waals surface area contributed by atoms with Gasteiger partial charge in [0, 0.05) is 31.3 Å². The van der Waals surface area contributed by atoms with Crippen molar-refractivity contribution in [3.05, 3.63) is 42.0 Å². The van der Waals surface area contributed by atoms with Gasteiger partial charge >= 0.3 is 0 Å². The summed E-state index contributed by atoms with van der Waals surface area (Å²) in [5.74, 6) is -0.615. The standard InChI is InChI=1S/C15H15N5O4/c1-23-5-4-16-14(21)11-8-18-13-10(11)6-9(7-17-13)20-15(22)12-2-3-19-24-12/h2-3,6-8H,4-5H2,1H3,(H,16,21)(H,17,18)(H,20,22). The number of pyridine rings is 1. The zero-order valence-electron chi connectivity index (χ0n) is 12.8. The lowest BCUT2D eigenvalue weighted by Gasteiger charge is -2.05. The topological polar surface area (TPSA) is 122 Å². The van der Waals surface area contributed by atoms with E-state index in [-0.39, 0.29) is 11.7 Å². The smallest absolute Gasteiger partial charge is 0.294 e. The second kappa shape index (κ2) is 6.92. The highest BCUT2D eigenvalue weighted by atomic mass is 16.5. The molecule has 0 saturated heterocycles. The van der Waals surface area contributed by atoms with Crippen molar-refractivity contribution in [2.75, 3.05) is 25.6 Å². The monoisotopic (exact) mass is 329 g/mol. The molecule has 0 saturated carbocycles. The van der Waals surface area contributed by atoms with Crippen molar-refractivity contribution in [1.29, 1.82) is 0 Å². The number of H-pyrrole nitrogens is 1. The van der Waals surface area contributed by atoms with Crippen molar-refractivity contribution < 1.29 is 18.8 Å². The Kier molecular flexibility index (Phi) is 4.52. The van der Waals surface area contributed by atoms with Crippen LogP contribution in [0.2, 0.25) is 0 Å². The van der Waals surface area contributed by atoms with Gasteiger partial charge in [-0.3, -0.25) is 9.59 Å². The SMILES string of the molecule is COCCNC(=O)c1c[nH]c2ncc(NC(=O)c3ccno3)cc12. The molecular weight excluding hydrogens is 314 g/mol. The zero-order valence-corrected chi connectivity index (χ0v) is 12.8. The van der Waals surface area contributed by atoms with Crippen molar-refractivity contribution in [3.63, 3.8) is 0 Å². The third kappa shape index (κ3) is 3.25. The van der Waals surface area contributed by atoms with Gasteiger partial charge in [0.25, 0.3) is 11.8 Å². The number of aromatic nitrogens is 3. The Labute approximate surface area is 136 Å². The molecule has 124 valence electrons. The Bertz CT molecular complexity index is 856. The normalized spacial score (nSPS) is 10.7. The first kappa shape index (κ1) is 15.7. The van der Waals surface area contributed by atoms with Gasteiger partial charge in [-0.25, -0.2) is 4.98 Å². The Morgan fingerprint density at radius 1 is 1.38 bits per heavy atom. The quantitative estimate of drug-likeness (QED) is 0.584. The number of carbonyl (C=O) groups is 2. The maximum atomic E-state index is 12.2. The van der Waals surface area contributed by atoms with Crippen LogP contribution in [-0.4, -0.2) is 47.2 Å². The van der Waals surface area contributed by atoms with Crippen molar-refractivity contribution in [2.45, 2.75) is 0 Å². The number of nitrogens with zero attached hydrogens (tertiary/aromatic N) is 2. The van der Waals surface area contributed by atoms with E-state index in [1.54, 1.807) is 19.4 Å². The van der Waals surface area contributed by atoms with Crippen LogP contribution in [0.15, 0.2) is 35.2 Å². The molecule has 3 aromatic heterocycles. The first-order valence-corrected chi connectivity index (χ1v) is 7.15. The molecule has 0 spiro atoms. The van der Waals surface area contributed by atoms with Crippen molar-refractivity contribution in [2.24, 2.45) is 0 Å². The lowest BCUT2D eigenvalue weighted by Crippen LogP contribution is -2.26. The number of nitrogens with one attached hydrogen (secondary N) is 3. The van der Waals surface area contributed by atoms with Gasteiger partial charge < -0.3 is 24.9 Å². The second-order valence-corrected chi connectivity index (χ2v) is 4.90. The number of ether oxygens (including phenoxy) is 1. The van der Waals surface area contributed by atoms with Gasteiger partial charge in [0.15, 0.2) is 0 Å². The molecule has 0 aliphatic rings. The third-order valence-corrected chi connectivity index (χ3v) is 3.29. The van der Waals surface area contributed by atoms with E-state index in [4.69, 9.17) is 9.26 Å². The summed E-state index contributed by atoms with van der Waals surface area (Å²) in [5, 5.41) is 9.46. The fourth-order valence-corrected chi connectivity index (χ4v) is 2.15. The summed E-state index contributed by atoms with van der Waals surface area (Å²) in [5.41, 5.74) is 1.42. The fraction of sp³-hybridized carbons (Fsp3) is 0.200. The molecule has 0 aliphatic carbocycles. The molecule has 24 heavy (non-hydrogen) atoms. The highest BCUT2D eigenvalue weighted by molar-refractivity contribution is 6.08. The molecule has 0 atom stereocenters. The number of anilines is 1. The van der Waals surface area contributed by atoms with Crippen LogP contribution >= 0.6 is 0 Å². The molecule has 3 rings (SSSR count). The third-order valence-electron chi connectivity index (χ3n) is 3.29. The molecule has 0 fully saturated rings. The highest BCUT2D eigenvalue weighted by Gasteiger charge is 2.15.